The summed E-state index contributed by atoms with van der Waals surface area (Å²) < 4.78 is 5.52. The van der Waals surface area contributed by atoms with Gasteiger partial charge >= 0.3 is 5.88 Å². The molecule has 0 radical (unpaired) electrons. The number of carbonyl (C=O) groups is 1. The highest BCUT2D eigenvalue weighted by molar-refractivity contribution is 5.93. The van der Waals surface area contributed by atoms with Crippen molar-refractivity contribution in [3.8, 4) is 0 Å². The largest absolute Gasteiger partial charge is 0.433 e. The number of carbonyl (C=O) groups excluding carboxylic acids is 1. The summed E-state index contributed by atoms with van der Waals surface area (Å²) in [7, 11) is 0. The van der Waals surface area contributed by atoms with Crippen molar-refractivity contribution in [1.29, 1.82) is 0 Å². The van der Waals surface area contributed by atoms with Gasteiger partial charge in [0, 0.05) is 26.2 Å². The van der Waals surface area contributed by atoms with E-state index in [1.807, 2.05) is 0 Å². The molecule has 4 aliphatic heterocycles. The Morgan fingerprint density at radius 2 is 1.64 bits per heavy atom. The van der Waals surface area contributed by atoms with Gasteiger partial charge in [0.25, 0.3) is 0 Å². The maximum atomic E-state index is 13.4. The molecular formula is C18H25N3O4. The Hall–Kier alpha value is -1.73. The minimum Gasteiger partial charge on any atom is -0.403 e. The molecule has 5 heterocycles. The molecule has 5 rings (SSSR count). The van der Waals surface area contributed by atoms with Crippen LogP contribution in [0.4, 0.5) is 5.88 Å². The molecule has 0 aliphatic carbocycles. The smallest absolute Gasteiger partial charge is 0.403 e. The Labute approximate surface area is 147 Å². The van der Waals surface area contributed by atoms with Gasteiger partial charge in [-0.2, -0.15) is 0 Å². The van der Waals surface area contributed by atoms with E-state index >= 15 is 0 Å². The molecule has 7 heteroatoms. The van der Waals surface area contributed by atoms with E-state index in [1.165, 1.54) is 6.07 Å². The summed E-state index contributed by atoms with van der Waals surface area (Å²) in [6.45, 7) is 7.22. The number of Topliss-reactive ketones (excluding diaryl/α,β-unsaturated/α-hetero) is 1. The van der Waals surface area contributed by atoms with Crippen molar-refractivity contribution in [2.45, 2.75) is 45.7 Å². The highest BCUT2D eigenvalue weighted by Gasteiger charge is 2.65. The average molecular weight is 347 g/mol. The van der Waals surface area contributed by atoms with Crippen molar-refractivity contribution in [3.63, 3.8) is 0 Å². The monoisotopic (exact) mass is 347 g/mol. The Kier molecular flexibility index (Phi) is 3.77. The van der Waals surface area contributed by atoms with E-state index in [-0.39, 0.29) is 22.9 Å². The van der Waals surface area contributed by atoms with Crippen LogP contribution in [0.5, 0.6) is 0 Å². The fraction of sp³-hybridized carbons (Fsp3) is 0.722. The number of ketones is 1. The predicted molar refractivity (Wildman–Crippen MR) is 90.9 cm³/mol. The molecule has 4 bridgehead atoms. The Bertz CT molecular complexity index is 669. The van der Waals surface area contributed by atoms with Gasteiger partial charge in [-0.15, -0.1) is 0 Å². The van der Waals surface area contributed by atoms with Crippen molar-refractivity contribution in [1.82, 2.24) is 9.80 Å². The van der Waals surface area contributed by atoms with Crippen molar-refractivity contribution in [2.24, 2.45) is 10.8 Å². The number of hydrogen-bond donors (Lipinski definition) is 0. The van der Waals surface area contributed by atoms with E-state index in [4.69, 9.17) is 4.42 Å². The molecule has 0 amide bonds. The molecule has 4 fully saturated rings. The van der Waals surface area contributed by atoms with E-state index in [1.54, 1.807) is 6.07 Å². The second-order valence-electron chi connectivity index (χ2n) is 8.01. The molecule has 25 heavy (non-hydrogen) atoms. The number of nitrogens with zero attached hydrogens (tertiary/aromatic N) is 3. The van der Waals surface area contributed by atoms with Crippen LogP contribution in [-0.4, -0.2) is 46.7 Å². The number of piperidine rings is 2. The van der Waals surface area contributed by atoms with Gasteiger partial charge in [0.15, 0.2) is 0 Å². The van der Waals surface area contributed by atoms with Crippen LogP contribution < -0.4 is 0 Å². The first-order valence-corrected chi connectivity index (χ1v) is 9.22. The first-order chi connectivity index (χ1) is 11.9. The lowest BCUT2D eigenvalue weighted by Gasteiger charge is -2.65. The Morgan fingerprint density at radius 3 is 2.04 bits per heavy atom. The van der Waals surface area contributed by atoms with Crippen LogP contribution in [0.1, 0.15) is 51.5 Å². The summed E-state index contributed by atoms with van der Waals surface area (Å²) in [6, 6.07) is 3.14. The first kappa shape index (κ1) is 16.7. The van der Waals surface area contributed by atoms with Crippen molar-refractivity contribution >= 4 is 11.7 Å². The van der Waals surface area contributed by atoms with E-state index in [0.29, 0.717) is 11.5 Å². The lowest BCUT2D eigenvalue weighted by atomic mass is 9.57. The third-order valence-corrected chi connectivity index (χ3v) is 6.18. The number of furan rings is 1. The summed E-state index contributed by atoms with van der Waals surface area (Å²) in [5.74, 6) is 0.866. The summed E-state index contributed by atoms with van der Waals surface area (Å²) in [5, 5.41) is 11.0. The summed E-state index contributed by atoms with van der Waals surface area (Å²) in [5.41, 5.74) is -0.565. The molecule has 1 aromatic rings. The normalized spacial score (nSPS) is 39.1. The molecular weight excluding hydrogens is 322 g/mol. The molecule has 0 saturated carbocycles. The van der Waals surface area contributed by atoms with Gasteiger partial charge in [-0.25, -0.2) is 0 Å². The predicted octanol–water partition coefficient (Wildman–Crippen LogP) is 2.97. The molecule has 0 unspecified atom stereocenters. The summed E-state index contributed by atoms with van der Waals surface area (Å²) in [4.78, 5) is 28.5. The highest BCUT2D eigenvalue weighted by Crippen LogP contribution is 2.55. The lowest BCUT2D eigenvalue weighted by Crippen LogP contribution is -2.76. The van der Waals surface area contributed by atoms with Gasteiger partial charge in [0.05, 0.1) is 16.9 Å². The van der Waals surface area contributed by atoms with Crippen LogP contribution in [0.25, 0.3) is 0 Å². The molecule has 136 valence electrons. The molecule has 4 saturated heterocycles. The van der Waals surface area contributed by atoms with E-state index in [0.717, 1.165) is 51.9 Å². The van der Waals surface area contributed by atoms with E-state index < -0.39 is 4.92 Å². The fourth-order valence-electron chi connectivity index (χ4n) is 5.63. The molecule has 0 atom stereocenters. The van der Waals surface area contributed by atoms with E-state index in [2.05, 4.69) is 23.6 Å². The SMILES string of the molecule is CCCC12CN3CC(CCC)(CN(C1)C3c1ccc([N+](=O)[O-])o1)C2=O. The summed E-state index contributed by atoms with van der Waals surface area (Å²) in [6.07, 6.45) is 3.72. The molecule has 4 aliphatic rings. The second-order valence-corrected chi connectivity index (χ2v) is 8.01. The zero-order valence-electron chi connectivity index (χ0n) is 14.9. The third kappa shape index (κ3) is 2.29. The van der Waals surface area contributed by atoms with Crippen LogP contribution in [0.3, 0.4) is 0 Å². The van der Waals surface area contributed by atoms with Gasteiger partial charge in [0.2, 0.25) is 0 Å². The quantitative estimate of drug-likeness (QED) is 0.581. The van der Waals surface area contributed by atoms with Crippen LogP contribution in [0.15, 0.2) is 16.5 Å². The maximum Gasteiger partial charge on any atom is 0.433 e. The third-order valence-electron chi connectivity index (χ3n) is 6.18. The van der Waals surface area contributed by atoms with Crippen molar-refractivity contribution < 1.29 is 14.1 Å². The van der Waals surface area contributed by atoms with E-state index in [9.17, 15) is 14.9 Å². The molecule has 0 aromatic carbocycles. The number of nitro groups is 1. The van der Waals surface area contributed by atoms with Gasteiger partial charge in [-0.1, -0.05) is 26.7 Å². The summed E-state index contributed by atoms with van der Waals surface area (Å²) >= 11 is 0. The van der Waals surface area contributed by atoms with Gasteiger partial charge in [0.1, 0.15) is 22.6 Å². The van der Waals surface area contributed by atoms with Crippen LogP contribution in [-0.2, 0) is 4.79 Å². The standard InChI is InChI=1S/C18H25N3O4/c1-3-7-17-9-19-11-18(8-4-2,16(17)22)12-20(10-17)15(19)13-5-6-14(25-13)21(23)24/h5-6,15H,3-4,7-12H2,1-2H3. The van der Waals surface area contributed by atoms with Gasteiger partial charge < -0.3 is 4.42 Å². The van der Waals surface area contributed by atoms with Crippen molar-refractivity contribution in [3.05, 3.63) is 28.0 Å². The molecule has 7 nitrogen and oxygen atoms in total. The van der Waals surface area contributed by atoms with Crippen LogP contribution in [0, 0.1) is 20.9 Å². The van der Waals surface area contributed by atoms with Gasteiger partial charge in [-0.3, -0.25) is 24.7 Å². The topological polar surface area (TPSA) is 79.8 Å². The Balaban J connectivity index is 1.70. The Morgan fingerprint density at radius 1 is 1.12 bits per heavy atom. The molecule has 0 N–H and O–H groups in total. The molecule has 1 aromatic heterocycles. The van der Waals surface area contributed by atoms with Gasteiger partial charge in [-0.05, 0) is 18.9 Å². The number of hydrogen-bond acceptors (Lipinski definition) is 6. The maximum absolute atomic E-state index is 13.4. The first-order valence-electron chi connectivity index (χ1n) is 9.22. The minimum absolute atomic E-state index is 0.0863. The lowest BCUT2D eigenvalue weighted by molar-refractivity contribution is -0.402. The number of rotatable bonds is 6. The average Bonchev–Trinajstić information content (AvgIpc) is 3.02. The second kappa shape index (κ2) is 5.64. The fourth-order valence-corrected chi connectivity index (χ4v) is 5.63. The highest BCUT2D eigenvalue weighted by atomic mass is 16.6. The zero-order valence-corrected chi connectivity index (χ0v) is 14.9. The minimum atomic E-state index is -0.495. The van der Waals surface area contributed by atoms with Crippen LogP contribution >= 0.6 is 0 Å². The zero-order chi connectivity index (χ0) is 17.8. The van der Waals surface area contributed by atoms with Crippen LogP contribution in [0.2, 0.25) is 0 Å². The molecule has 0 spiro atoms. The van der Waals surface area contributed by atoms with Crippen molar-refractivity contribution in [2.75, 3.05) is 26.2 Å².